The largest absolute Gasteiger partial charge is 0.481 e. The van der Waals surface area contributed by atoms with Gasteiger partial charge in [0, 0.05) is 56.8 Å². The van der Waals surface area contributed by atoms with E-state index in [1.54, 1.807) is 31.1 Å². The lowest BCUT2D eigenvalue weighted by Crippen LogP contribution is -2.44. The SMILES string of the molecule is CN(C)C(=O)c1ccc(OCC(=O)N2CCc3nc4n(c3C2c2ccc(Cl)cc2F)CCN(C2CC2)C4)c(Cl)n1. The van der Waals surface area contributed by atoms with Crippen molar-refractivity contribution in [3.05, 3.63) is 74.8 Å². The molecule has 6 rings (SSSR count). The van der Waals surface area contributed by atoms with E-state index in [1.165, 1.54) is 35.9 Å². The fraction of sp³-hybridized carbons (Fsp3) is 0.429. The van der Waals surface area contributed by atoms with Crippen molar-refractivity contribution < 1.29 is 18.7 Å². The van der Waals surface area contributed by atoms with Crippen LogP contribution in [-0.4, -0.2) is 80.9 Å². The van der Waals surface area contributed by atoms with E-state index in [-0.39, 0.29) is 40.0 Å². The number of carbonyl (C=O) groups excluding carboxylic acids is 2. The van der Waals surface area contributed by atoms with Gasteiger partial charge in [-0.25, -0.2) is 14.4 Å². The third-order valence-corrected chi connectivity index (χ3v) is 8.22. The molecule has 0 spiro atoms. The van der Waals surface area contributed by atoms with E-state index < -0.39 is 11.9 Å². The van der Waals surface area contributed by atoms with Gasteiger partial charge in [-0.2, -0.15) is 0 Å². The first-order valence-electron chi connectivity index (χ1n) is 13.3. The van der Waals surface area contributed by atoms with Gasteiger partial charge in [0.2, 0.25) is 0 Å². The summed E-state index contributed by atoms with van der Waals surface area (Å²) in [5.74, 6) is 0.0206. The van der Waals surface area contributed by atoms with Crippen LogP contribution >= 0.6 is 23.2 Å². The molecule has 1 unspecified atom stereocenters. The number of pyridine rings is 1. The molecule has 0 saturated heterocycles. The van der Waals surface area contributed by atoms with Crippen LogP contribution in [0.1, 0.15) is 52.1 Å². The molecule has 0 N–H and O–H groups in total. The molecule has 12 heteroatoms. The molecule has 2 amide bonds. The lowest BCUT2D eigenvalue weighted by atomic mass is 9.94. The minimum atomic E-state index is -0.681. The molecule has 0 radical (unpaired) electrons. The average molecular weight is 587 g/mol. The van der Waals surface area contributed by atoms with Crippen molar-refractivity contribution in [1.29, 1.82) is 0 Å². The van der Waals surface area contributed by atoms with E-state index in [0.29, 0.717) is 24.6 Å². The Kier molecular flexibility index (Phi) is 7.18. The molecule has 1 aliphatic carbocycles. The first-order valence-corrected chi connectivity index (χ1v) is 14.0. The van der Waals surface area contributed by atoms with Crippen molar-refractivity contribution in [3.63, 3.8) is 0 Å². The molecule has 1 saturated carbocycles. The van der Waals surface area contributed by atoms with Crippen molar-refractivity contribution in [2.75, 3.05) is 33.8 Å². The van der Waals surface area contributed by atoms with Gasteiger partial charge in [0.1, 0.15) is 23.4 Å². The van der Waals surface area contributed by atoms with Gasteiger partial charge in [-0.05, 0) is 37.1 Å². The molecule has 3 aliphatic rings. The molecule has 9 nitrogen and oxygen atoms in total. The topological polar surface area (TPSA) is 83.8 Å². The van der Waals surface area contributed by atoms with E-state index in [1.807, 2.05) is 0 Å². The number of amides is 2. The summed E-state index contributed by atoms with van der Waals surface area (Å²) in [5, 5.41) is 0.263. The van der Waals surface area contributed by atoms with Crippen LogP contribution in [0.5, 0.6) is 5.75 Å². The van der Waals surface area contributed by atoms with Crippen LogP contribution in [0.15, 0.2) is 30.3 Å². The van der Waals surface area contributed by atoms with Gasteiger partial charge in [-0.15, -0.1) is 0 Å². The van der Waals surface area contributed by atoms with Crippen molar-refractivity contribution in [2.45, 2.75) is 44.4 Å². The van der Waals surface area contributed by atoms with Crippen LogP contribution in [-0.2, 0) is 24.3 Å². The van der Waals surface area contributed by atoms with Crippen LogP contribution < -0.4 is 4.74 Å². The van der Waals surface area contributed by atoms with Crippen LogP contribution in [0.4, 0.5) is 4.39 Å². The Morgan fingerprint density at radius 3 is 2.60 bits per heavy atom. The summed E-state index contributed by atoms with van der Waals surface area (Å²) >= 11 is 12.3. The summed E-state index contributed by atoms with van der Waals surface area (Å²) in [6.07, 6.45) is 2.99. The maximum absolute atomic E-state index is 15.4. The lowest BCUT2D eigenvalue weighted by molar-refractivity contribution is -0.135. The molecular weight excluding hydrogens is 558 g/mol. The predicted octanol–water partition coefficient (Wildman–Crippen LogP) is 3.96. The van der Waals surface area contributed by atoms with Gasteiger partial charge in [-0.3, -0.25) is 14.5 Å². The number of fused-ring (bicyclic) bond motifs is 3. The highest BCUT2D eigenvalue weighted by Gasteiger charge is 2.40. The molecule has 1 aromatic carbocycles. The number of hydrogen-bond donors (Lipinski definition) is 0. The molecule has 1 fully saturated rings. The second-order valence-electron chi connectivity index (χ2n) is 10.6. The summed E-state index contributed by atoms with van der Waals surface area (Å²) in [4.78, 5) is 40.4. The molecule has 3 aromatic rings. The number of rotatable bonds is 6. The van der Waals surface area contributed by atoms with Crippen molar-refractivity contribution in [1.82, 2.24) is 29.2 Å². The number of aromatic nitrogens is 3. The van der Waals surface area contributed by atoms with Gasteiger partial charge >= 0.3 is 0 Å². The van der Waals surface area contributed by atoms with Crippen molar-refractivity contribution in [3.8, 4) is 5.75 Å². The fourth-order valence-electron chi connectivity index (χ4n) is 5.58. The van der Waals surface area contributed by atoms with Gasteiger partial charge in [0.15, 0.2) is 17.5 Å². The molecule has 210 valence electrons. The smallest absolute Gasteiger partial charge is 0.271 e. The molecule has 2 aliphatic heterocycles. The first kappa shape index (κ1) is 27.0. The second kappa shape index (κ2) is 10.6. The maximum atomic E-state index is 15.4. The third-order valence-electron chi connectivity index (χ3n) is 7.71. The summed E-state index contributed by atoms with van der Waals surface area (Å²) in [5.41, 5.74) is 2.27. The normalized spacial score (nSPS) is 18.7. The Balaban J connectivity index is 1.29. The highest BCUT2D eigenvalue weighted by molar-refractivity contribution is 6.31. The Hall–Kier alpha value is -3.21. The first-order chi connectivity index (χ1) is 19.2. The molecule has 1 atom stereocenters. The summed E-state index contributed by atoms with van der Waals surface area (Å²) in [7, 11) is 3.23. The minimum Gasteiger partial charge on any atom is -0.481 e. The van der Waals surface area contributed by atoms with Crippen LogP contribution in [0.3, 0.4) is 0 Å². The van der Waals surface area contributed by atoms with Gasteiger partial charge in [0.25, 0.3) is 11.8 Å². The zero-order chi connectivity index (χ0) is 28.1. The molecule has 40 heavy (non-hydrogen) atoms. The van der Waals surface area contributed by atoms with E-state index in [2.05, 4.69) is 14.5 Å². The van der Waals surface area contributed by atoms with E-state index >= 15 is 4.39 Å². The number of hydrogen-bond acceptors (Lipinski definition) is 6. The predicted molar refractivity (Wildman–Crippen MR) is 147 cm³/mol. The van der Waals surface area contributed by atoms with Crippen LogP contribution in [0.25, 0.3) is 0 Å². The van der Waals surface area contributed by atoms with Crippen LogP contribution in [0, 0.1) is 5.82 Å². The second-order valence-corrected chi connectivity index (χ2v) is 11.4. The zero-order valence-corrected chi connectivity index (χ0v) is 23.8. The molecule has 4 heterocycles. The number of ether oxygens (including phenoxy) is 1. The lowest BCUT2D eigenvalue weighted by Gasteiger charge is -2.38. The molecule has 2 aromatic heterocycles. The van der Waals surface area contributed by atoms with E-state index in [0.717, 1.165) is 36.8 Å². The van der Waals surface area contributed by atoms with E-state index in [4.69, 9.17) is 32.9 Å². The Labute approximate surface area is 241 Å². The minimum absolute atomic E-state index is 0.0215. The highest BCUT2D eigenvalue weighted by Crippen LogP contribution is 2.40. The zero-order valence-electron chi connectivity index (χ0n) is 22.2. The number of benzene rings is 1. The van der Waals surface area contributed by atoms with Gasteiger partial charge in [-0.1, -0.05) is 29.3 Å². The molecular formula is C28H29Cl2FN6O3. The van der Waals surface area contributed by atoms with E-state index in [9.17, 15) is 9.59 Å². The monoisotopic (exact) mass is 586 g/mol. The third kappa shape index (κ3) is 5.04. The summed E-state index contributed by atoms with van der Waals surface area (Å²) in [6, 6.07) is 7.50. The van der Waals surface area contributed by atoms with Gasteiger partial charge < -0.3 is 19.1 Å². The van der Waals surface area contributed by atoms with Crippen LogP contribution in [0.2, 0.25) is 10.2 Å². The highest BCUT2D eigenvalue weighted by atomic mass is 35.5. The summed E-state index contributed by atoms with van der Waals surface area (Å²) in [6.45, 7) is 2.40. The Morgan fingerprint density at radius 2 is 1.90 bits per heavy atom. The van der Waals surface area contributed by atoms with Crippen molar-refractivity contribution in [2.24, 2.45) is 0 Å². The van der Waals surface area contributed by atoms with Gasteiger partial charge in [0.05, 0.1) is 17.9 Å². The number of halogens is 3. The average Bonchev–Trinajstić information content (AvgIpc) is 3.71. The quantitative estimate of drug-likeness (QED) is 0.407. The maximum Gasteiger partial charge on any atom is 0.271 e. The number of imidazole rings is 1. The number of nitrogens with zero attached hydrogens (tertiary/aromatic N) is 6. The van der Waals surface area contributed by atoms with Crippen molar-refractivity contribution >= 4 is 35.0 Å². The number of carbonyl (C=O) groups is 2. The standard InChI is InChI=1S/C28H29Cl2FN6O3/c1-34(2)28(39)21-7-8-22(27(30)33-21)40-15-24(38)37-10-9-20-26(25(37)18-6-3-16(29)13-19(18)31)36-12-11-35(17-4-5-17)14-23(36)32-20/h3,6-8,13,17,25H,4-5,9-12,14-15H2,1-2H3. The fourth-order valence-corrected chi connectivity index (χ4v) is 5.95. The Morgan fingerprint density at radius 1 is 1.10 bits per heavy atom. The Bertz CT molecular complexity index is 1490. The molecule has 0 bridgehead atoms. The summed E-state index contributed by atoms with van der Waals surface area (Å²) < 4.78 is 23.3.